The fourth-order valence-corrected chi connectivity index (χ4v) is 4.16. The minimum Gasteiger partial charge on any atom is -0.481 e. The number of likely N-dealkylation sites (tertiary alicyclic amines) is 1. The number of benzene rings is 1. The molecule has 4 rings (SSSR count). The molecule has 2 aromatic rings. The van der Waals surface area contributed by atoms with Crippen LogP contribution in [0.2, 0.25) is 0 Å². The second kappa shape index (κ2) is 11.6. The second-order valence-electron chi connectivity index (χ2n) is 7.72. The Morgan fingerprint density at radius 1 is 1.19 bits per heavy atom. The molecular weight excluding hydrogens is 505 g/mol. The van der Waals surface area contributed by atoms with E-state index >= 15 is 0 Å². The molecule has 2 aliphatic rings. The van der Waals surface area contributed by atoms with Crippen molar-refractivity contribution in [3.63, 3.8) is 0 Å². The monoisotopic (exact) mass is 537 g/mol. The third-order valence-corrected chi connectivity index (χ3v) is 5.70. The molecule has 31 heavy (non-hydrogen) atoms. The van der Waals surface area contributed by atoms with Crippen molar-refractivity contribution in [3.05, 3.63) is 59.8 Å². The van der Waals surface area contributed by atoms with Crippen molar-refractivity contribution in [2.45, 2.75) is 32.2 Å². The molecule has 0 aliphatic carbocycles. The van der Waals surface area contributed by atoms with Crippen LogP contribution in [0.25, 0.3) is 0 Å². The molecule has 8 heteroatoms. The van der Waals surface area contributed by atoms with Gasteiger partial charge in [-0.15, -0.1) is 24.0 Å². The maximum atomic E-state index is 6.13. The Hall–Kier alpha value is -1.91. The van der Waals surface area contributed by atoms with Gasteiger partial charge in [0, 0.05) is 45.0 Å². The van der Waals surface area contributed by atoms with E-state index in [2.05, 4.69) is 57.4 Å². The number of rotatable bonds is 6. The van der Waals surface area contributed by atoms with E-state index in [0.29, 0.717) is 18.5 Å². The summed E-state index contributed by atoms with van der Waals surface area (Å²) in [6.45, 7) is 8.02. The van der Waals surface area contributed by atoms with E-state index in [-0.39, 0.29) is 30.1 Å². The van der Waals surface area contributed by atoms with Gasteiger partial charge in [-0.25, -0.2) is 9.98 Å². The van der Waals surface area contributed by atoms with Crippen molar-refractivity contribution in [1.29, 1.82) is 0 Å². The number of pyridine rings is 1. The average Bonchev–Trinajstić information content (AvgIpc) is 3.23. The van der Waals surface area contributed by atoms with Crippen LogP contribution in [0.1, 0.15) is 18.1 Å². The zero-order chi connectivity index (χ0) is 20.8. The number of nitrogens with one attached hydrogen (secondary N) is 1. The van der Waals surface area contributed by atoms with E-state index in [1.807, 2.05) is 18.3 Å². The minimum atomic E-state index is 0. The molecule has 0 spiro atoms. The summed E-state index contributed by atoms with van der Waals surface area (Å²) in [6.07, 6.45) is 2.04. The molecule has 2 saturated heterocycles. The molecule has 3 heterocycles. The summed E-state index contributed by atoms with van der Waals surface area (Å²) in [5.41, 5.74) is 2.41. The molecule has 2 aliphatic heterocycles. The molecule has 0 saturated carbocycles. The predicted octanol–water partition coefficient (Wildman–Crippen LogP) is 2.76. The quantitative estimate of drug-likeness (QED) is 0.348. The fourth-order valence-electron chi connectivity index (χ4n) is 4.16. The Labute approximate surface area is 201 Å². The highest BCUT2D eigenvalue weighted by Crippen LogP contribution is 2.25. The predicted molar refractivity (Wildman–Crippen MR) is 133 cm³/mol. The third-order valence-electron chi connectivity index (χ3n) is 5.70. The Kier molecular flexibility index (Phi) is 8.91. The van der Waals surface area contributed by atoms with E-state index in [0.717, 1.165) is 50.9 Å². The fraction of sp³-hybridized carbons (Fsp3) is 0.478. The Morgan fingerprint density at radius 2 is 2.03 bits per heavy atom. The van der Waals surface area contributed by atoms with Crippen molar-refractivity contribution in [2.24, 2.45) is 4.99 Å². The van der Waals surface area contributed by atoms with Gasteiger partial charge >= 0.3 is 0 Å². The first-order valence-electron chi connectivity index (χ1n) is 10.7. The van der Waals surface area contributed by atoms with Crippen LogP contribution in [0.3, 0.4) is 0 Å². The van der Waals surface area contributed by atoms with Crippen molar-refractivity contribution < 1.29 is 9.47 Å². The van der Waals surface area contributed by atoms with Crippen molar-refractivity contribution in [3.8, 4) is 5.88 Å². The van der Waals surface area contributed by atoms with E-state index in [1.54, 1.807) is 7.11 Å². The molecule has 1 aromatic heterocycles. The first-order valence-corrected chi connectivity index (χ1v) is 10.7. The average molecular weight is 537 g/mol. The van der Waals surface area contributed by atoms with Gasteiger partial charge in [0.25, 0.3) is 0 Å². The molecule has 7 nitrogen and oxygen atoms in total. The van der Waals surface area contributed by atoms with Crippen molar-refractivity contribution >= 4 is 29.9 Å². The van der Waals surface area contributed by atoms with Crippen LogP contribution >= 0.6 is 24.0 Å². The van der Waals surface area contributed by atoms with Gasteiger partial charge in [-0.05, 0) is 18.1 Å². The molecule has 1 N–H and O–H groups in total. The van der Waals surface area contributed by atoms with Gasteiger partial charge in [-0.3, -0.25) is 4.90 Å². The lowest BCUT2D eigenvalue weighted by atomic mass is 10.1. The number of morpholine rings is 1. The first kappa shape index (κ1) is 23.7. The van der Waals surface area contributed by atoms with Crippen LogP contribution < -0.4 is 10.1 Å². The van der Waals surface area contributed by atoms with Gasteiger partial charge in [-0.1, -0.05) is 36.4 Å². The van der Waals surface area contributed by atoms with Gasteiger partial charge in [0.15, 0.2) is 5.96 Å². The van der Waals surface area contributed by atoms with E-state index in [9.17, 15) is 0 Å². The maximum Gasteiger partial charge on any atom is 0.212 e. The lowest BCUT2D eigenvalue weighted by molar-refractivity contribution is -0.0502. The number of hydrogen-bond acceptors (Lipinski definition) is 5. The van der Waals surface area contributed by atoms with Crippen LogP contribution in [0.4, 0.5) is 0 Å². The summed E-state index contributed by atoms with van der Waals surface area (Å²) in [5, 5.41) is 3.45. The summed E-state index contributed by atoms with van der Waals surface area (Å²) >= 11 is 0. The van der Waals surface area contributed by atoms with Crippen LogP contribution in [0.15, 0.2) is 53.7 Å². The Morgan fingerprint density at radius 3 is 2.74 bits per heavy atom. The van der Waals surface area contributed by atoms with Gasteiger partial charge in [0.05, 0.1) is 32.4 Å². The smallest absolute Gasteiger partial charge is 0.212 e. The molecule has 2 unspecified atom stereocenters. The highest BCUT2D eigenvalue weighted by molar-refractivity contribution is 14.0. The molecule has 2 atom stereocenters. The zero-order valence-corrected chi connectivity index (χ0v) is 20.6. The minimum absolute atomic E-state index is 0. The molecule has 2 fully saturated rings. The van der Waals surface area contributed by atoms with Crippen LogP contribution in [0, 0.1) is 0 Å². The van der Waals surface area contributed by atoms with E-state index in [4.69, 9.17) is 14.5 Å². The van der Waals surface area contributed by atoms with Gasteiger partial charge < -0.3 is 19.7 Å². The SMILES string of the molecule is CCNC(=NCc1ccc(OC)nc1)N1CC2OCCN(Cc3ccccc3)C2C1.I. The number of fused-ring (bicyclic) bond motifs is 1. The zero-order valence-electron chi connectivity index (χ0n) is 18.2. The molecular formula is C23H32IN5O2. The summed E-state index contributed by atoms with van der Waals surface area (Å²) in [5.74, 6) is 1.56. The van der Waals surface area contributed by atoms with E-state index < -0.39 is 0 Å². The van der Waals surface area contributed by atoms with Crippen molar-refractivity contribution in [2.75, 3.05) is 39.9 Å². The lowest BCUT2D eigenvalue weighted by Gasteiger charge is -2.36. The normalized spacial score (nSPS) is 21.4. The topological polar surface area (TPSA) is 62.2 Å². The number of halogens is 1. The molecule has 0 radical (unpaired) electrons. The van der Waals surface area contributed by atoms with E-state index in [1.165, 1.54) is 5.56 Å². The standard InChI is InChI=1S/C23H31N5O2.HI/c1-3-24-23(26-14-19-9-10-22(29-2)25-13-19)28-16-20-21(17-28)30-12-11-27(20)15-18-7-5-4-6-8-18;/h4-10,13,20-21H,3,11-12,14-17H2,1-2H3,(H,24,26);1H. The van der Waals surface area contributed by atoms with Gasteiger partial charge in [0.2, 0.25) is 5.88 Å². The Bertz CT molecular complexity index is 834. The number of guanidine groups is 1. The van der Waals surface area contributed by atoms with Crippen LogP contribution in [-0.4, -0.2) is 72.8 Å². The summed E-state index contributed by atoms with van der Waals surface area (Å²) in [7, 11) is 1.62. The van der Waals surface area contributed by atoms with Crippen LogP contribution in [-0.2, 0) is 17.8 Å². The van der Waals surface area contributed by atoms with Crippen LogP contribution in [0.5, 0.6) is 5.88 Å². The summed E-state index contributed by atoms with van der Waals surface area (Å²) in [4.78, 5) is 14.0. The number of methoxy groups -OCH3 is 1. The number of nitrogens with zero attached hydrogens (tertiary/aromatic N) is 4. The van der Waals surface area contributed by atoms with Gasteiger partial charge in [0.1, 0.15) is 0 Å². The second-order valence-corrected chi connectivity index (χ2v) is 7.72. The number of aromatic nitrogens is 1. The summed E-state index contributed by atoms with van der Waals surface area (Å²) < 4.78 is 11.3. The number of ether oxygens (including phenoxy) is 2. The molecule has 0 bridgehead atoms. The molecule has 1 aromatic carbocycles. The number of hydrogen-bond donors (Lipinski definition) is 1. The third kappa shape index (κ3) is 6.08. The van der Waals surface area contributed by atoms with Gasteiger partial charge in [-0.2, -0.15) is 0 Å². The molecule has 0 amide bonds. The Balaban J connectivity index is 0.00000272. The largest absolute Gasteiger partial charge is 0.481 e. The highest BCUT2D eigenvalue weighted by Gasteiger charge is 2.41. The van der Waals surface area contributed by atoms with Crippen molar-refractivity contribution in [1.82, 2.24) is 20.1 Å². The maximum absolute atomic E-state index is 6.13. The molecule has 168 valence electrons. The summed E-state index contributed by atoms with van der Waals surface area (Å²) in [6, 6.07) is 14.9. The highest BCUT2D eigenvalue weighted by atomic mass is 127. The number of aliphatic imine (C=N–C) groups is 1. The lowest BCUT2D eigenvalue weighted by Crippen LogP contribution is -2.50. The first-order chi connectivity index (χ1) is 14.8.